The lowest BCUT2D eigenvalue weighted by Crippen LogP contribution is -2.49. The van der Waals surface area contributed by atoms with Crippen molar-refractivity contribution in [1.29, 1.82) is 0 Å². The van der Waals surface area contributed by atoms with Crippen molar-refractivity contribution in [3.05, 3.63) is 34.3 Å². The van der Waals surface area contributed by atoms with Crippen LogP contribution in [0.2, 0.25) is 5.02 Å². The SMILES string of the molecule is COC(=O)C(C(C)C)[C@@](C)(NSO)c1ccc(CCC(C)(C)C)c(Cl)c1. The van der Waals surface area contributed by atoms with E-state index in [-0.39, 0.29) is 17.3 Å². The first-order chi connectivity index (χ1) is 12.0. The van der Waals surface area contributed by atoms with E-state index in [1.54, 1.807) is 0 Å². The largest absolute Gasteiger partial charge is 0.469 e. The number of hydrogen-bond acceptors (Lipinski definition) is 5. The van der Waals surface area contributed by atoms with Crippen LogP contribution in [0.3, 0.4) is 0 Å². The van der Waals surface area contributed by atoms with E-state index in [4.69, 9.17) is 16.3 Å². The van der Waals surface area contributed by atoms with Gasteiger partial charge in [0.25, 0.3) is 0 Å². The predicted molar refractivity (Wildman–Crippen MR) is 110 cm³/mol. The first-order valence-corrected chi connectivity index (χ1v) is 10.1. The first kappa shape index (κ1) is 23.3. The molecule has 26 heavy (non-hydrogen) atoms. The first-order valence-electron chi connectivity index (χ1n) is 8.90. The van der Waals surface area contributed by atoms with Gasteiger partial charge in [-0.25, -0.2) is 4.72 Å². The maximum absolute atomic E-state index is 12.4. The number of carbonyl (C=O) groups is 1. The molecular weight excluding hydrogens is 370 g/mol. The van der Waals surface area contributed by atoms with Crippen molar-refractivity contribution in [1.82, 2.24) is 4.72 Å². The Morgan fingerprint density at radius 3 is 2.35 bits per heavy atom. The molecule has 0 fully saturated rings. The van der Waals surface area contributed by atoms with E-state index in [1.807, 2.05) is 39.0 Å². The van der Waals surface area contributed by atoms with Gasteiger partial charge in [0, 0.05) is 5.02 Å². The second kappa shape index (κ2) is 9.45. The molecule has 0 aromatic heterocycles. The number of hydrogen-bond donors (Lipinski definition) is 2. The zero-order chi connectivity index (χ0) is 20.1. The minimum atomic E-state index is -0.827. The molecule has 0 amide bonds. The number of nitrogens with one attached hydrogen (secondary N) is 1. The van der Waals surface area contributed by atoms with E-state index >= 15 is 0 Å². The lowest BCUT2D eigenvalue weighted by atomic mass is 9.74. The molecule has 1 unspecified atom stereocenters. The minimum Gasteiger partial charge on any atom is -0.469 e. The molecule has 1 aromatic rings. The highest BCUT2D eigenvalue weighted by Gasteiger charge is 2.43. The third-order valence-corrected chi connectivity index (χ3v) is 5.67. The topological polar surface area (TPSA) is 58.6 Å². The lowest BCUT2D eigenvalue weighted by molar-refractivity contribution is -0.150. The number of esters is 1. The van der Waals surface area contributed by atoms with Gasteiger partial charge >= 0.3 is 5.97 Å². The average Bonchev–Trinajstić information content (AvgIpc) is 2.52. The number of rotatable bonds is 8. The fourth-order valence-corrected chi connectivity index (χ4v) is 3.99. The molecule has 0 aliphatic carbocycles. The van der Waals surface area contributed by atoms with Crippen LogP contribution in [-0.2, 0) is 21.5 Å². The number of benzene rings is 1. The molecule has 0 heterocycles. The number of aryl methyl sites for hydroxylation is 1. The van der Waals surface area contributed by atoms with Crippen LogP contribution in [0.25, 0.3) is 0 Å². The summed E-state index contributed by atoms with van der Waals surface area (Å²) >= 11 is 7.05. The van der Waals surface area contributed by atoms with Crippen LogP contribution < -0.4 is 4.72 Å². The fourth-order valence-electron chi connectivity index (χ4n) is 3.28. The number of halogens is 1. The van der Waals surface area contributed by atoms with Gasteiger partial charge in [0.2, 0.25) is 0 Å². The summed E-state index contributed by atoms with van der Waals surface area (Å²) in [6.07, 6.45) is 1.93. The molecule has 6 heteroatoms. The zero-order valence-corrected chi connectivity index (χ0v) is 18.4. The summed E-state index contributed by atoms with van der Waals surface area (Å²) < 4.78 is 17.5. The fraction of sp³-hybridized carbons (Fsp3) is 0.650. The molecule has 1 aromatic carbocycles. The van der Waals surface area contributed by atoms with Crippen molar-refractivity contribution in [2.45, 2.75) is 59.9 Å². The van der Waals surface area contributed by atoms with Gasteiger partial charge in [-0.3, -0.25) is 4.79 Å². The van der Waals surface area contributed by atoms with Crippen LogP contribution >= 0.6 is 23.8 Å². The number of ether oxygens (including phenoxy) is 1. The molecular formula is C20H32ClNO3S. The second-order valence-electron chi connectivity index (χ2n) is 8.51. The molecule has 1 rings (SSSR count). The van der Waals surface area contributed by atoms with Crippen molar-refractivity contribution >= 4 is 29.8 Å². The van der Waals surface area contributed by atoms with E-state index in [0.29, 0.717) is 17.3 Å². The van der Waals surface area contributed by atoms with E-state index in [2.05, 4.69) is 25.5 Å². The van der Waals surface area contributed by atoms with Crippen molar-refractivity contribution < 1.29 is 14.1 Å². The molecule has 4 nitrogen and oxygen atoms in total. The Morgan fingerprint density at radius 1 is 1.31 bits per heavy atom. The van der Waals surface area contributed by atoms with Gasteiger partial charge in [-0.05, 0) is 48.3 Å². The van der Waals surface area contributed by atoms with Crippen molar-refractivity contribution in [3.8, 4) is 0 Å². The van der Waals surface area contributed by atoms with Gasteiger partial charge in [0.15, 0.2) is 0 Å². The van der Waals surface area contributed by atoms with Crippen LogP contribution in [0.1, 0.15) is 59.1 Å². The molecule has 148 valence electrons. The van der Waals surface area contributed by atoms with Gasteiger partial charge in [-0.15, -0.1) is 0 Å². The van der Waals surface area contributed by atoms with E-state index in [1.165, 1.54) is 7.11 Å². The molecule has 0 bridgehead atoms. The Hall–Kier alpha value is -0.750. The molecule has 0 aliphatic rings. The summed E-state index contributed by atoms with van der Waals surface area (Å²) in [6, 6.07) is 5.88. The quantitative estimate of drug-likeness (QED) is 0.333. The normalized spacial score (nSPS) is 15.6. The smallest absolute Gasteiger partial charge is 0.311 e. The van der Waals surface area contributed by atoms with E-state index < -0.39 is 11.5 Å². The molecule has 0 saturated heterocycles. The van der Waals surface area contributed by atoms with Gasteiger partial charge in [-0.1, -0.05) is 58.4 Å². The summed E-state index contributed by atoms with van der Waals surface area (Å²) in [7, 11) is 1.38. The minimum absolute atomic E-state index is 0.00597. The third kappa shape index (κ3) is 5.88. The van der Waals surface area contributed by atoms with Crippen molar-refractivity contribution in [2.75, 3.05) is 7.11 Å². The monoisotopic (exact) mass is 401 g/mol. The summed E-state index contributed by atoms with van der Waals surface area (Å²) in [6.45, 7) is 12.4. The Balaban J connectivity index is 3.28. The van der Waals surface area contributed by atoms with Gasteiger partial charge in [0.05, 0.1) is 30.8 Å². The van der Waals surface area contributed by atoms with Crippen molar-refractivity contribution in [3.63, 3.8) is 0 Å². The molecule has 2 N–H and O–H groups in total. The van der Waals surface area contributed by atoms with Gasteiger partial charge in [0.1, 0.15) is 0 Å². The maximum Gasteiger partial charge on any atom is 0.311 e. The van der Waals surface area contributed by atoms with Crippen LogP contribution in [0.15, 0.2) is 18.2 Å². The highest BCUT2D eigenvalue weighted by atomic mass is 35.5. The van der Waals surface area contributed by atoms with Crippen LogP contribution in [-0.4, -0.2) is 17.6 Å². The highest BCUT2D eigenvalue weighted by Crippen LogP contribution is 2.38. The van der Waals surface area contributed by atoms with E-state index in [9.17, 15) is 9.35 Å². The summed E-state index contributed by atoms with van der Waals surface area (Å²) in [4.78, 5) is 12.4. The number of methoxy groups -OCH3 is 1. The Kier molecular flexibility index (Phi) is 8.46. The van der Waals surface area contributed by atoms with Gasteiger partial charge < -0.3 is 9.29 Å². The molecule has 0 saturated carbocycles. The molecule has 0 spiro atoms. The summed E-state index contributed by atoms with van der Waals surface area (Å²) in [5, 5.41) is 0.676. The van der Waals surface area contributed by atoms with E-state index in [0.717, 1.165) is 24.0 Å². The average molecular weight is 402 g/mol. The third-order valence-electron chi connectivity index (χ3n) is 4.80. The van der Waals surface area contributed by atoms with Crippen molar-refractivity contribution in [2.24, 2.45) is 17.3 Å². The highest BCUT2D eigenvalue weighted by molar-refractivity contribution is 7.91. The zero-order valence-electron chi connectivity index (χ0n) is 16.9. The summed E-state index contributed by atoms with van der Waals surface area (Å²) in [5.41, 5.74) is 1.34. The predicted octanol–water partition coefficient (Wildman–Crippen LogP) is 5.69. The number of carbonyl (C=O) groups excluding carboxylic acids is 1. The van der Waals surface area contributed by atoms with Gasteiger partial charge in [-0.2, -0.15) is 0 Å². The molecule has 0 radical (unpaired) electrons. The Morgan fingerprint density at radius 2 is 1.92 bits per heavy atom. The molecule has 2 atom stereocenters. The standard InChI is InChI=1S/C20H32ClNO3S/c1-13(2)17(18(23)25-7)20(6,22-26-24)15-9-8-14(16(21)12-15)10-11-19(3,4)5/h8-9,12-13,17,22,24H,10-11H2,1-7H3/t17?,20-/m0/s1. The lowest BCUT2D eigenvalue weighted by Gasteiger charge is -2.38. The maximum atomic E-state index is 12.4. The second-order valence-corrected chi connectivity index (χ2v) is 9.30. The Bertz CT molecular complexity index is 616. The van der Waals surface area contributed by atoms with Crippen LogP contribution in [0.4, 0.5) is 0 Å². The Labute approximate surface area is 167 Å². The van der Waals surface area contributed by atoms with Crippen LogP contribution in [0, 0.1) is 17.3 Å². The summed E-state index contributed by atoms with van der Waals surface area (Å²) in [5.74, 6) is -0.799. The van der Waals surface area contributed by atoms with Crippen LogP contribution in [0.5, 0.6) is 0 Å². The molecule has 0 aliphatic heterocycles.